The Morgan fingerprint density at radius 2 is 1.46 bits per heavy atom. The van der Waals surface area contributed by atoms with Crippen molar-refractivity contribution >= 4 is 5.84 Å². The Morgan fingerprint density at radius 1 is 0.923 bits per heavy atom. The van der Waals surface area contributed by atoms with Crippen molar-refractivity contribution in [3.63, 3.8) is 0 Å². The van der Waals surface area contributed by atoms with E-state index in [1.165, 1.54) is 4.90 Å². The van der Waals surface area contributed by atoms with Gasteiger partial charge in [-0.3, -0.25) is 15.2 Å². The fourth-order valence-corrected chi connectivity index (χ4v) is 2.81. The van der Waals surface area contributed by atoms with Crippen molar-refractivity contribution in [3.05, 3.63) is 0 Å². The van der Waals surface area contributed by atoms with E-state index in [1.807, 2.05) is 0 Å². The number of nitrogens with one attached hydrogen (secondary N) is 2. The second-order valence-electron chi connectivity index (χ2n) is 5.94. The summed E-state index contributed by atoms with van der Waals surface area (Å²) in [5.41, 5.74) is -9.40. The van der Waals surface area contributed by atoms with Crippen LogP contribution in [0.4, 0.5) is 43.9 Å². The van der Waals surface area contributed by atoms with E-state index in [0.717, 1.165) is 5.32 Å². The Hall–Kier alpha value is -1.31. The second-order valence-corrected chi connectivity index (χ2v) is 5.94. The molecule has 2 unspecified atom stereocenters. The molecule has 2 aliphatic rings. The zero-order chi connectivity index (χ0) is 20.0. The molecule has 0 bridgehead atoms. The normalized spacial score (nSPS) is 32.8. The molecular formula is C12H14F10N4. The number of likely N-dealkylation sites (tertiary alicyclic amines) is 1. The van der Waals surface area contributed by atoms with E-state index in [9.17, 15) is 43.9 Å². The third kappa shape index (κ3) is 3.21. The van der Waals surface area contributed by atoms with Gasteiger partial charge in [0.1, 0.15) is 5.84 Å². The average molecular weight is 404 g/mol. The van der Waals surface area contributed by atoms with Gasteiger partial charge in [-0.1, -0.05) is 0 Å². The Labute approximate surface area is 140 Å². The summed E-state index contributed by atoms with van der Waals surface area (Å²) >= 11 is 0. The summed E-state index contributed by atoms with van der Waals surface area (Å²) in [6.45, 7) is 0.0556. The molecule has 2 saturated heterocycles. The summed E-state index contributed by atoms with van der Waals surface area (Å²) in [5.74, 6) is -1.91. The van der Waals surface area contributed by atoms with Crippen LogP contribution in [0.3, 0.4) is 0 Å². The molecular weight excluding hydrogens is 390 g/mol. The van der Waals surface area contributed by atoms with Crippen molar-refractivity contribution in [1.29, 1.82) is 0 Å². The number of aliphatic imine (C=N–C) groups is 1. The minimum absolute atomic E-state index is 0.344. The SMILES string of the molecule is FC(F)C1(C(F)(F)F)NC(=NCN2CCCC2)C(C(F)F)(C(F)(F)F)N1. The molecule has 14 heteroatoms. The average Bonchev–Trinajstić information content (AvgIpc) is 3.10. The van der Waals surface area contributed by atoms with E-state index in [4.69, 9.17) is 0 Å². The van der Waals surface area contributed by atoms with Crippen molar-refractivity contribution in [3.8, 4) is 0 Å². The highest BCUT2D eigenvalue weighted by atomic mass is 19.4. The summed E-state index contributed by atoms with van der Waals surface area (Å²) < 4.78 is 132. The molecule has 0 aromatic carbocycles. The molecule has 26 heavy (non-hydrogen) atoms. The minimum Gasteiger partial charge on any atom is -0.341 e. The van der Waals surface area contributed by atoms with Crippen LogP contribution in [0.5, 0.6) is 0 Å². The number of amidine groups is 1. The first-order valence-electron chi connectivity index (χ1n) is 7.32. The number of hydrogen-bond donors (Lipinski definition) is 2. The number of hydrogen-bond acceptors (Lipinski definition) is 3. The van der Waals surface area contributed by atoms with Crippen molar-refractivity contribution in [2.45, 2.75) is 49.2 Å². The number of halogens is 10. The fraction of sp³-hybridized carbons (Fsp3) is 0.917. The Bertz CT molecular complexity index is 539. The maximum Gasteiger partial charge on any atom is 0.430 e. The van der Waals surface area contributed by atoms with E-state index in [0.29, 0.717) is 31.2 Å². The van der Waals surface area contributed by atoms with Crippen LogP contribution >= 0.6 is 0 Å². The standard InChI is InChI=1S/C12H14F10N4/c13-6(14)9(11(17,18)19)8(23-5-26-3-1-2-4-26)24-10(25-9,7(15)16)12(20,21)22/h6-7,25H,1-5H2,(H,23,24). The molecule has 0 spiro atoms. The van der Waals surface area contributed by atoms with Crippen LogP contribution in [0.15, 0.2) is 4.99 Å². The molecule has 2 fully saturated rings. The van der Waals surface area contributed by atoms with E-state index in [-0.39, 0.29) is 0 Å². The van der Waals surface area contributed by atoms with Crippen LogP contribution in [0.25, 0.3) is 0 Å². The van der Waals surface area contributed by atoms with E-state index in [1.54, 1.807) is 0 Å². The molecule has 0 saturated carbocycles. The summed E-state index contributed by atoms with van der Waals surface area (Å²) in [5, 5.41) is 1.30. The zero-order valence-electron chi connectivity index (χ0n) is 12.9. The molecule has 0 aromatic rings. The third-order valence-corrected chi connectivity index (χ3v) is 4.26. The van der Waals surface area contributed by atoms with Gasteiger partial charge in [-0.05, 0) is 25.9 Å². The van der Waals surface area contributed by atoms with Crippen molar-refractivity contribution in [1.82, 2.24) is 15.5 Å². The molecule has 2 N–H and O–H groups in total. The van der Waals surface area contributed by atoms with Gasteiger partial charge in [-0.25, -0.2) is 17.6 Å². The Balaban J connectivity index is 2.54. The molecule has 2 atom stereocenters. The van der Waals surface area contributed by atoms with Crippen LogP contribution in [-0.2, 0) is 0 Å². The lowest BCUT2D eigenvalue weighted by Gasteiger charge is -2.35. The number of alkyl halides is 10. The Morgan fingerprint density at radius 3 is 1.85 bits per heavy atom. The van der Waals surface area contributed by atoms with Gasteiger partial charge in [0, 0.05) is 0 Å². The predicted molar refractivity (Wildman–Crippen MR) is 69.0 cm³/mol. The van der Waals surface area contributed by atoms with Gasteiger partial charge in [0.2, 0.25) is 5.54 Å². The van der Waals surface area contributed by atoms with Crippen molar-refractivity contribution in [2.24, 2.45) is 4.99 Å². The van der Waals surface area contributed by atoms with Crippen molar-refractivity contribution < 1.29 is 43.9 Å². The van der Waals surface area contributed by atoms with Gasteiger partial charge < -0.3 is 5.32 Å². The van der Waals surface area contributed by atoms with Gasteiger partial charge in [-0.15, -0.1) is 0 Å². The van der Waals surface area contributed by atoms with E-state index < -0.39 is 48.9 Å². The van der Waals surface area contributed by atoms with E-state index >= 15 is 0 Å². The molecule has 2 heterocycles. The zero-order valence-corrected chi connectivity index (χ0v) is 12.9. The van der Waals surface area contributed by atoms with Crippen LogP contribution in [0.2, 0.25) is 0 Å². The molecule has 0 amide bonds. The van der Waals surface area contributed by atoms with Crippen LogP contribution in [0, 0.1) is 0 Å². The Kier molecular flexibility index (Phi) is 5.40. The monoisotopic (exact) mass is 404 g/mol. The topological polar surface area (TPSA) is 39.7 Å². The fourth-order valence-electron chi connectivity index (χ4n) is 2.81. The molecule has 4 nitrogen and oxygen atoms in total. The highest BCUT2D eigenvalue weighted by Crippen LogP contribution is 2.46. The third-order valence-electron chi connectivity index (χ3n) is 4.26. The van der Waals surface area contributed by atoms with Gasteiger partial charge in [0.25, 0.3) is 18.5 Å². The molecule has 2 rings (SSSR count). The smallest absolute Gasteiger partial charge is 0.341 e. The first-order chi connectivity index (χ1) is 11.8. The first-order valence-corrected chi connectivity index (χ1v) is 7.32. The molecule has 152 valence electrons. The maximum absolute atomic E-state index is 13.3. The lowest BCUT2D eigenvalue weighted by Crippen LogP contribution is -2.71. The van der Waals surface area contributed by atoms with Gasteiger partial charge >= 0.3 is 12.4 Å². The molecule has 2 aliphatic heterocycles. The maximum atomic E-state index is 13.3. The van der Waals surface area contributed by atoms with Gasteiger partial charge in [0.15, 0.2) is 0 Å². The molecule has 0 aliphatic carbocycles. The lowest BCUT2D eigenvalue weighted by molar-refractivity contribution is -0.258. The molecule has 0 aromatic heterocycles. The highest BCUT2D eigenvalue weighted by Gasteiger charge is 2.79. The minimum atomic E-state index is -6.03. The van der Waals surface area contributed by atoms with Crippen LogP contribution < -0.4 is 10.6 Å². The summed E-state index contributed by atoms with van der Waals surface area (Å²) in [6, 6.07) is 0. The van der Waals surface area contributed by atoms with E-state index in [2.05, 4.69) is 4.99 Å². The molecule has 0 radical (unpaired) electrons. The highest BCUT2D eigenvalue weighted by molar-refractivity contribution is 5.96. The quantitative estimate of drug-likeness (QED) is 0.708. The number of nitrogens with zero attached hydrogens (tertiary/aromatic N) is 2. The largest absolute Gasteiger partial charge is 0.430 e. The van der Waals surface area contributed by atoms with Crippen LogP contribution in [-0.4, -0.2) is 66.9 Å². The number of rotatable bonds is 4. The first kappa shape index (κ1) is 21.0. The lowest BCUT2D eigenvalue weighted by atomic mass is 9.98. The van der Waals surface area contributed by atoms with Crippen LogP contribution in [0.1, 0.15) is 12.8 Å². The summed E-state index contributed by atoms with van der Waals surface area (Å²) in [4.78, 5) is 4.57. The summed E-state index contributed by atoms with van der Waals surface area (Å²) in [7, 11) is 0. The van der Waals surface area contributed by atoms with Gasteiger partial charge in [-0.2, -0.15) is 26.3 Å². The predicted octanol–water partition coefficient (Wildman–Crippen LogP) is 2.72. The van der Waals surface area contributed by atoms with Gasteiger partial charge in [0.05, 0.1) is 6.67 Å². The summed E-state index contributed by atoms with van der Waals surface area (Å²) in [6.07, 6.45) is -19.8. The van der Waals surface area contributed by atoms with Crippen molar-refractivity contribution in [2.75, 3.05) is 19.8 Å². The second kappa shape index (κ2) is 6.69.